The molecule has 1 aromatic heterocycles. The Bertz CT molecular complexity index is 1170. The van der Waals surface area contributed by atoms with E-state index in [0.29, 0.717) is 47.6 Å². The number of carbonyl (C=O) groups is 2. The summed E-state index contributed by atoms with van der Waals surface area (Å²) < 4.78 is 11.4. The van der Waals surface area contributed by atoms with E-state index in [1.165, 1.54) is 16.2 Å². The van der Waals surface area contributed by atoms with Crippen molar-refractivity contribution < 1.29 is 19.1 Å². The van der Waals surface area contributed by atoms with E-state index in [9.17, 15) is 9.59 Å². The van der Waals surface area contributed by atoms with Gasteiger partial charge in [0.05, 0.1) is 30.2 Å². The van der Waals surface area contributed by atoms with Crippen LogP contribution in [0.15, 0.2) is 71.7 Å². The number of nitrogens with one attached hydrogen (secondary N) is 1. The van der Waals surface area contributed by atoms with Gasteiger partial charge in [0.2, 0.25) is 0 Å². The van der Waals surface area contributed by atoms with E-state index in [1.54, 1.807) is 24.3 Å². The van der Waals surface area contributed by atoms with Crippen LogP contribution < -0.4 is 19.7 Å². The molecule has 1 N–H and O–H groups in total. The fourth-order valence-electron chi connectivity index (χ4n) is 3.47. The maximum Gasteiger partial charge on any atom is 0.282 e. The molecule has 33 heavy (non-hydrogen) atoms. The third-order valence-corrected chi connectivity index (χ3v) is 5.86. The average Bonchev–Trinajstić information content (AvgIpc) is 3.41. The summed E-state index contributed by atoms with van der Waals surface area (Å²) in [5.41, 5.74) is 1.70. The van der Waals surface area contributed by atoms with Gasteiger partial charge in [-0.25, -0.2) is 4.90 Å². The Hall–Kier alpha value is -3.58. The Balaban J connectivity index is 1.68. The molecule has 1 aliphatic rings. The summed E-state index contributed by atoms with van der Waals surface area (Å²) in [5, 5.41) is 5.07. The van der Waals surface area contributed by atoms with Crippen molar-refractivity contribution in [2.75, 3.05) is 23.4 Å². The standard InChI is InChI=1S/C26H26N2O4S/c1-4-31-21-9-6-5-8-20(21)27-24-23(22-10-7-15-33-22)25(29)28(26(24)30)18-11-13-19(14-12-18)32-16-17(2)3/h5-15,17,27H,4,16H2,1-3H3. The van der Waals surface area contributed by atoms with Crippen LogP contribution in [0.25, 0.3) is 5.57 Å². The first kappa shape index (κ1) is 22.6. The highest BCUT2D eigenvalue weighted by atomic mass is 32.1. The number of anilines is 2. The van der Waals surface area contributed by atoms with Crippen LogP contribution in [0, 0.1) is 5.92 Å². The molecule has 0 unspecified atom stereocenters. The van der Waals surface area contributed by atoms with Crippen molar-refractivity contribution in [3.8, 4) is 11.5 Å². The molecular weight excluding hydrogens is 436 g/mol. The number of hydrogen-bond acceptors (Lipinski definition) is 6. The van der Waals surface area contributed by atoms with Crippen molar-refractivity contribution in [3.05, 3.63) is 76.6 Å². The average molecular weight is 463 g/mol. The minimum Gasteiger partial charge on any atom is -0.493 e. The van der Waals surface area contributed by atoms with Crippen LogP contribution in [0.5, 0.6) is 11.5 Å². The highest BCUT2D eigenvalue weighted by molar-refractivity contribution is 7.11. The van der Waals surface area contributed by atoms with E-state index in [4.69, 9.17) is 9.47 Å². The first-order chi connectivity index (χ1) is 16.0. The van der Waals surface area contributed by atoms with Gasteiger partial charge in [-0.15, -0.1) is 11.3 Å². The molecule has 4 rings (SSSR count). The largest absolute Gasteiger partial charge is 0.493 e. The fraction of sp³-hybridized carbons (Fsp3) is 0.231. The summed E-state index contributed by atoms with van der Waals surface area (Å²) in [6.07, 6.45) is 0. The van der Waals surface area contributed by atoms with Crippen molar-refractivity contribution in [2.24, 2.45) is 5.92 Å². The third kappa shape index (κ3) is 4.78. The molecule has 0 spiro atoms. The first-order valence-corrected chi connectivity index (χ1v) is 11.8. The normalized spacial score (nSPS) is 13.8. The fourth-order valence-corrected chi connectivity index (χ4v) is 4.24. The zero-order chi connectivity index (χ0) is 23.4. The van der Waals surface area contributed by atoms with Gasteiger partial charge in [0.1, 0.15) is 17.2 Å². The van der Waals surface area contributed by atoms with Gasteiger partial charge in [-0.05, 0) is 60.7 Å². The number of carbonyl (C=O) groups excluding carboxylic acids is 2. The molecule has 2 amide bonds. The second-order valence-corrected chi connectivity index (χ2v) is 8.87. The highest BCUT2D eigenvalue weighted by Gasteiger charge is 2.41. The molecule has 0 atom stereocenters. The Labute approximate surface area is 197 Å². The Morgan fingerprint density at radius 2 is 1.70 bits per heavy atom. The number of imide groups is 1. The molecule has 2 heterocycles. The van der Waals surface area contributed by atoms with Crippen molar-refractivity contribution in [1.82, 2.24) is 0 Å². The van der Waals surface area contributed by atoms with Crippen LogP contribution >= 0.6 is 11.3 Å². The zero-order valence-electron chi connectivity index (χ0n) is 18.8. The van der Waals surface area contributed by atoms with E-state index in [1.807, 2.05) is 48.7 Å². The molecular formula is C26H26N2O4S. The van der Waals surface area contributed by atoms with Gasteiger partial charge in [-0.3, -0.25) is 9.59 Å². The molecule has 0 saturated heterocycles. The van der Waals surface area contributed by atoms with Gasteiger partial charge in [-0.1, -0.05) is 32.0 Å². The number of thiophene rings is 1. The monoisotopic (exact) mass is 462 g/mol. The van der Waals surface area contributed by atoms with Crippen LogP contribution in [0.3, 0.4) is 0 Å². The molecule has 7 heteroatoms. The van der Waals surface area contributed by atoms with Gasteiger partial charge < -0.3 is 14.8 Å². The van der Waals surface area contributed by atoms with Crippen LogP contribution in [0.2, 0.25) is 0 Å². The minimum absolute atomic E-state index is 0.231. The maximum absolute atomic E-state index is 13.5. The topological polar surface area (TPSA) is 67.9 Å². The van der Waals surface area contributed by atoms with Crippen LogP contribution in [-0.2, 0) is 9.59 Å². The van der Waals surface area contributed by atoms with Crippen molar-refractivity contribution in [3.63, 3.8) is 0 Å². The molecule has 0 radical (unpaired) electrons. The smallest absolute Gasteiger partial charge is 0.282 e. The number of benzene rings is 2. The summed E-state index contributed by atoms with van der Waals surface area (Å²) in [7, 11) is 0. The molecule has 3 aromatic rings. The van der Waals surface area contributed by atoms with E-state index in [2.05, 4.69) is 19.2 Å². The third-order valence-electron chi connectivity index (χ3n) is 4.98. The Morgan fingerprint density at radius 1 is 0.939 bits per heavy atom. The second kappa shape index (κ2) is 9.92. The summed E-state index contributed by atoms with van der Waals surface area (Å²) in [5.74, 6) is 0.933. The van der Waals surface area contributed by atoms with E-state index in [-0.39, 0.29) is 11.6 Å². The van der Waals surface area contributed by atoms with Gasteiger partial charge in [0.25, 0.3) is 11.8 Å². The quantitative estimate of drug-likeness (QED) is 0.421. The van der Waals surface area contributed by atoms with Crippen molar-refractivity contribution in [2.45, 2.75) is 20.8 Å². The number of para-hydroxylation sites is 2. The lowest BCUT2D eigenvalue weighted by molar-refractivity contribution is -0.120. The van der Waals surface area contributed by atoms with E-state index >= 15 is 0 Å². The predicted molar refractivity (Wildman–Crippen MR) is 132 cm³/mol. The van der Waals surface area contributed by atoms with Gasteiger partial charge in [0, 0.05) is 4.88 Å². The Morgan fingerprint density at radius 3 is 2.36 bits per heavy atom. The number of rotatable bonds is 9. The summed E-state index contributed by atoms with van der Waals surface area (Å²) >= 11 is 1.41. The van der Waals surface area contributed by atoms with E-state index < -0.39 is 5.91 Å². The molecule has 0 aliphatic carbocycles. The van der Waals surface area contributed by atoms with Crippen molar-refractivity contribution >= 4 is 40.1 Å². The number of amides is 2. The Kier molecular flexibility index (Phi) is 6.79. The van der Waals surface area contributed by atoms with Gasteiger partial charge >= 0.3 is 0 Å². The van der Waals surface area contributed by atoms with Crippen LogP contribution in [0.4, 0.5) is 11.4 Å². The lowest BCUT2D eigenvalue weighted by Gasteiger charge is -2.17. The SMILES string of the molecule is CCOc1ccccc1NC1=C(c2cccs2)C(=O)N(c2ccc(OCC(C)C)cc2)C1=O. The zero-order valence-corrected chi connectivity index (χ0v) is 19.6. The molecule has 6 nitrogen and oxygen atoms in total. The molecule has 0 bridgehead atoms. The maximum atomic E-state index is 13.5. The van der Waals surface area contributed by atoms with Gasteiger partial charge in [-0.2, -0.15) is 0 Å². The number of nitrogens with zero attached hydrogens (tertiary/aromatic N) is 1. The predicted octanol–water partition coefficient (Wildman–Crippen LogP) is 5.58. The van der Waals surface area contributed by atoms with Crippen molar-refractivity contribution in [1.29, 1.82) is 0 Å². The summed E-state index contributed by atoms with van der Waals surface area (Å²) in [4.78, 5) is 28.9. The van der Waals surface area contributed by atoms with E-state index in [0.717, 1.165) is 4.88 Å². The van der Waals surface area contributed by atoms with Crippen LogP contribution in [0.1, 0.15) is 25.6 Å². The number of hydrogen-bond donors (Lipinski definition) is 1. The molecule has 1 aliphatic heterocycles. The van der Waals surface area contributed by atoms with Gasteiger partial charge in [0.15, 0.2) is 0 Å². The lowest BCUT2D eigenvalue weighted by atomic mass is 10.1. The molecule has 0 fully saturated rings. The minimum atomic E-state index is -0.412. The van der Waals surface area contributed by atoms with Crippen LogP contribution in [-0.4, -0.2) is 25.0 Å². The lowest BCUT2D eigenvalue weighted by Crippen LogP contribution is -2.32. The second-order valence-electron chi connectivity index (χ2n) is 7.93. The highest BCUT2D eigenvalue weighted by Crippen LogP contribution is 2.37. The number of ether oxygens (including phenoxy) is 2. The molecule has 0 saturated carbocycles. The molecule has 170 valence electrons. The first-order valence-electron chi connectivity index (χ1n) is 10.9. The molecule has 2 aromatic carbocycles. The summed E-state index contributed by atoms with van der Waals surface area (Å²) in [6.45, 7) is 7.13. The summed E-state index contributed by atoms with van der Waals surface area (Å²) in [6, 6.07) is 18.1.